The van der Waals surface area contributed by atoms with E-state index in [-0.39, 0.29) is 17.8 Å². The predicted octanol–water partition coefficient (Wildman–Crippen LogP) is 14.4. The first kappa shape index (κ1) is 55.1. The van der Waals surface area contributed by atoms with Crippen LogP contribution in [0.25, 0.3) is 21.5 Å². The molecule has 0 amide bonds. The van der Waals surface area contributed by atoms with E-state index in [2.05, 4.69) is 59.3 Å². The first-order chi connectivity index (χ1) is 28.5. The average molecular weight is 939 g/mol. The molecule has 358 valence electrons. The maximum atomic E-state index is 13.6. The second kappa shape index (κ2) is 19.6. The quantitative estimate of drug-likeness (QED) is 0.0490. The summed E-state index contributed by atoms with van der Waals surface area (Å²) in [7, 11) is 0. The van der Waals surface area contributed by atoms with Gasteiger partial charge in [-0.3, -0.25) is 9.59 Å². The number of benzene rings is 3. The number of hydrogen-bond acceptors (Lipinski definition) is 4. The van der Waals surface area contributed by atoms with Gasteiger partial charge < -0.3 is 9.47 Å². The van der Waals surface area contributed by atoms with Gasteiger partial charge in [-0.15, -0.1) is 0 Å². The molecule has 21 heteroatoms. The third-order valence-corrected chi connectivity index (χ3v) is 10.7. The third-order valence-electron chi connectivity index (χ3n) is 10.7. The van der Waals surface area contributed by atoms with E-state index in [1.807, 2.05) is 20.8 Å². The normalized spacial score (nSPS) is 14.1. The lowest BCUT2D eigenvalue weighted by Gasteiger charge is -2.42. The van der Waals surface area contributed by atoms with Gasteiger partial charge in [-0.1, -0.05) is 75.2 Å². The monoisotopic (exact) mass is 938 g/mol. The first-order valence-electron chi connectivity index (χ1n) is 19.4. The van der Waals surface area contributed by atoms with Crippen LogP contribution in [0.5, 0.6) is 0 Å². The summed E-state index contributed by atoms with van der Waals surface area (Å²) in [5, 5.41) is 5.39. The zero-order valence-electron chi connectivity index (χ0n) is 34.8. The summed E-state index contributed by atoms with van der Waals surface area (Å²) in [6.45, 7) is 8.10. The number of fused-ring (bicyclic) bond motifs is 2. The SMILES string of the molecule is CCC(C)(C)C(=O)OCCC(F)(F)C(F)(F)C(F)(F)C(F)(F)C(F)(F)C(F)(F)C(F)(F)C(F)(F)F.CCC(C)(C)C(=O)OCCCCCCc1c2ccccc2cc2ccccc12. The van der Waals surface area contributed by atoms with Gasteiger partial charge in [0.1, 0.15) is 0 Å². The number of halogens is 17. The Labute approximate surface area is 351 Å². The molecule has 0 atom stereocenters. The summed E-state index contributed by atoms with van der Waals surface area (Å²) >= 11 is 0. The molecule has 63 heavy (non-hydrogen) atoms. The average Bonchev–Trinajstić information content (AvgIpc) is 3.19. The van der Waals surface area contributed by atoms with Crippen molar-refractivity contribution in [2.24, 2.45) is 10.8 Å². The Morgan fingerprint density at radius 1 is 0.476 bits per heavy atom. The molecule has 0 heterocycles. The predicted molar refractivity (Wildman–Crippen MR) is 199 cm³/mol. The number of hydrogen-bond donors (Lipinski definition) is 0. The van der Waals surface area contributed by atoms with Crippen LogP contribution in [0.4, 0.5) is 74.6 Å². The number of carbonyl (C=O) groups is 2. The number of alkyl halides is 17. The van der Waals surface area contributed by atoms with Gasteiger partial charge >= 0.3 is 59.6 Å². The van der Waals surface area contributed by atoms with Gasteiger partial charge in [0.2, 0.25) is 0 Å². The molecule has 0 aromatic heterocycles. The maximum absolute atomic E-state index is 13.6. The number of esters is 2. The topological polar surface area (TPSA) is 52.6 Å². The van der Waals surface area contributed by atoms with Crippen LogP contribution in [0.3, 0.4) is 0 Å². The molecule has 0 fully saturated rings. The van der Waals surface area contributed by atoms with Crippen molar-refractivity contribution >= 4 is 33.5 Å². The highest BCUT2D eigenvalue weighted by atomic mass is 19.4. The molecule has 4 nitrogen and oxygen atoms in total. The standard InChI is InChI=1S/C26H32O2.C16H15F17O2/c1-4-26(2,3)25(27)28-18-12-6-5-7-17-24-22-15-10-8-13-20(22)19-21-14-9-11-16-23(21)24;1-4-8(2,3)7(34)35-6-5-9(17,18)10(19,20)11(21,22)12(23,24)13(25,26)14(27,28)15(29,30)16(31,32)33/h8-11,13-16,19H,4-7,12,17-18H2,1-3H3;4-6H2,1-3H3. The van der Waals surface area contributed by atoms with Crippen molar-refractivity contribution in [1.82, 2.24) is 0 Å². The molecule has 0 radical (unpaired) electrons. The summed E-state index contributed by atoms with van der Waals surface area (Å²) in [6.07, 6.45) is -4.40. The van der Waals surface area contributed by atoms with Gasteiger partial charge in [-0.25, -0.2) is 0 Å². The molecule has 0 N–H and O–H groups in total. The largest absolute Gasteiger partial charge is 0.465 e. The van der Waals surface area contributed by atoms with Gasteiger partial charge in [-0.05, 0) is 93.0 Å². The third kappa shape index (κ3) is 11.1. The van der Waals surface area contributed by atoms with Crippen molar-refractivity contribution in [3.8, 4) is 0 Å². The Hall–Kier alpha value is -4.07. The van der Waals surface area contributed by atoms with Crippen molar-refractivity contribution < 1.29 is 93.7 Å². The Morgan fingerprint density at radius 3 is 1.25 bits per heavy atom. The van der Waals surface area contributed by atoms with E-state index in [0.717, 1.165) is 52.4 Å². The molecular weight excluding hydrogens is 891 g/mol. The highest BCUT2D eigenvalue weighted by Crippen LogP contribution is 2.64. The van der Waals surface area contributed by atoms with Crippen LogP contribution in [-0.2, 0) is 25.5 Å². The molecule has 0 saturated carbocycles. The highest BCUT2D eigenvalue weighted by Gasteiger charge is 2.95. The number of rotatable bonds is 20. The van der Waals surface area contributed by atoms with E-state index in [1.54, 1.807) is 0 Å². The molecule has 0 aliphatic rings. The number of ether oxygens (including phenoxy) is 2. The van der Waals surface area contributed by atoms with Crippen LogP contribution in [0, 0.1) is 10.8 Å². The molecule has 0 aliphatic heterocycles. The zero-order valence-corrected chi connectivity index (χ0v) is 34.8. The summed E-state index contributed by atoms with van der Waals surface area (Å²) in [6, 6.07) is 19.7. The molecule has 3 aromatic rings. The van der Waals surface area contributed by atoms with Crippen LogP contribution >= 0.6 is 0 Å². The Balaban J connectivity index is 0.000000442. The highest BCUT2D eigenvalue weighted by molar-refractivity contribution is 6.02. The van der Waals surface area contributed by atoms with Crippen LogP contribution < -0.4 is 0 Å². The van der Waals surface area contributed by atoms with E-state index in [1.165, 1.54) is 34.0 Å². The lowest BCUT2D eigenvalue weighted by atomic mass is 9.88. The van der Waals surface area contributed by atoms with Crippen molar-refractivity contribution in [2.75, 3.05) is 13.2 Å². The van der Waals surface area contributed by atoms with Gasteiger partial charge in [0.25, 0.3) is 0 Å². The second-order valence-electron chi connectivity index (χ2n) is 16.1. The van der Waals surface area contributed by atoms with Crippen LogP contribution in [0.1, 0.15) is 92.1 Å². The Morgan fingerprint density at radius 2 is 0.841 bits per heavy atom. The first-order valence-corrected chi connectivity index (χ1v) is 19.4. The maximum Gasteiger partial charge on any atom is 0.460 e. The van der Waals surface area contributed by atoms with Crippen molar-refractivity contribution in [2.45, 2.75) is 141 Å². The lowest BCUT2D eigenvalue weighted by molar-refractivity contribution is -0.461. The number of aryl methyl sites for hydroxylation is 1. The van der Waals surface area contributed by atoms with Gasteiger partial charge in [-0.2, -0.15) is 74.6 Å². The van der Waals surface area contributed by atoms with Crippen LogP contribution in [0.2, 0.25) is 0 Å². The minimum absolute atomic E-state index is 0.0610. The Kier molecular flexibility index (Phi) is 17.1. The molecule has 3 rings (SSSR count). The summed E-state index contributed by atoms with van der Waals surface area (Å²) in [5.74, 6) is -58.2. The smallest absolute Gasteiger partial charge is 0.460 e. The molecule has 0 unspecified atom stereocenters. The molecule has 3 aromatic carbocycles. The van der Waals surface area contributed by atoms with E-state index in [0.29, 0.717) is 6.61 Å². The summed E-state index contributed by atoms with van der Waals surface area (Å²) < 4.78 is 232. The fraction of sp³-hybridized carbons (Fsp3) is 0.619. The fourth-order valence-corrected chi connectivity index (χ4v) is 5.60. The van der Waals surface area contributed by atoms with Gasteiger partial charge in [0.15, 0.2) is 0 Å². The molecule has 0 saturated heterocycles. The van der Waals surface area contributed by atoms with E-state index < -0.39 is 72.0 Å². The zero-order chi connectivity index (χ0) is 48.9. The minimum atomic E-state index is -8.67. The van der Waals surface area contributed by atoms with E-state index in [9.17, 15) is 84.2 Å². The van der Waals surface area contributed by atoms with Gasteiger partial charge in [0.05, 0.1) is 30.5 Å². The molecule has 0 spiro atoms. The molecule has 0 aliphatic carbocycles. The molecular formula is C42H47F17O4. The van der Waals surface area contributed by atoms with Crippen LogP contribution in [-0.4, -0.2) is 72.8 Å². The summed E-state index contributed by atoms with van der Waals surface area (Å²) in [4.78, 5) is 23.5. The number of carbonyl (C=O) groups excluding carboxylic acids is 2. The Bertz CT molecular complexity index is 1950. The second-order valence-corrected chi connectivity index (χ2v) is 16.1. The fourth-order valence-electron chi connectivity index (χ4n) is 5.60. The van der Waals surface area contributed by atoms with Crippen LogP contribution in [0.15, 0.2) is 54.6 Å². The lowest BCUT2D eigenvalue weighted by Crippen LogP contribution is -2.74. The van der Waals surface area contributed by atoms with E-state index >= 15 is 0 Å². The minimum Gasteiger partial charge on any atom is -0.465 e. The van der Waals surface area contributed by atoms with Crippen molar-refractivity contribution in [3.63, 3.8) is 0 Å². The van der Waals surface area contributed by atoms with E-state index in [4.69, 9.17) is 4.74 Å². The number of unbranched alkanes of at least 4 members (excludes halogenated alkanes) is 3. The molecule has 0 bridgehead atoms. The van der Waals surface area contributed by atoms with Gasteiger partial charge in [0, 0.05) is 0 Å². The van der Waals surface area contributed by atoms with Crippen molar-refractivity contribution in [3.05, 3.63) is 60.2 Å². The van der Waals surface area contributed by atoms with Crippen molar-refractivity contribution in [1.29, 1.82) is 0 Å². The summed E-state index contributed by atoms with van der Waals surface area (Å²) in [5.41, 5.74) is -0.369.